The molecule has 2 N–H and O–H groups in total. The second-order valence-corrected chi connectivity index (χ2v) is 1.31. The molecule has 0 aromatic rings. The fourth-order valence-corrected chi connectivity index (χ4v) is 0.275. The van der Waals surface area contributed by atoms with Crippen LogP contribution in [0.2, 0.25) is 0 Å². The van der Waals surface area contributed by atoms with Gasteiger partial charge < -0.3 is 5.73 Å². The Morgan fingerprint density at radius 3 is 2.62 bits per heavy atom. The Balaban J connectivity index is 3.32. The van der Waals surface area contributed by atoms with Gasteiger partial charge in [0.2, 0.25) is 0 Å². The van der Waals surface area contributed by atoms with Crippen LogP contribution in [-0.2, 0) is 4.84 Å². The molecule has 0 saturated carbocycles. The molecule has 0 aliphatic rings. The predicted octanol–water partition coefficient (Wildman–Crippen LogP) is 0.472. The van der Waals surface area contributed by atoms with Crippen molar-refractivity contribution in [2.24, 2.45) is 5.73 Å². The number of carbonyl (C=O) groups excluding carboxylic acids is 1. The number of hydrogen-bond acceptors (Lipinski definition) is 2. The van der Waals surface area contributed by atoms with Crippen LogP contribution in [0.3, 0.4) is 0 Å². The summed E-state index contributed by atoms with van der Waals surface area (Å²) in [6, 6.07) is -0.812. The Morgan fingerprint density at radius 2 is 2.50 bits per heavy atom. The molecule has 2 amide bonds. The smallest absolute Gasteiger partial charge is 0.349 e. The number of hydroxylamine groups is 1. The van der Waals surface area contributed by atoms with Gasteiger partial charge in [0.1, 0.15) is 0 Å². The third kappa shape index (κ3) is 2.65. The number of primary amides is 1. The minimum atomic E-state index is -0.812. The van der Waals surface area contributed by atoms with E-state index in [1.165, 1.54) is 0 Å². The first-order chi connectivity index (χ1) is 3.68. The van der Waals surface area contributed by atoms with Crippen molar-refractivity contribution < 1.29 is 9.63 Å². The van der Waals surface area contributed by atoms with Crippen LogP contribution in [0.1, 0.15) is 6.92 Å². The molecule has 0 unspecified atom stereocenters. The average Bonchev–Trinajstić information content (AvgIpc) is 1.67. The summed E-state index contributed by atoms with van der Waals surface area (Å²) in [6.45, 7) is 2.02. The molecular weight excluding hydrogens is 131 g/mol. The lowest BCUT2D eigenvalue weighted by atomic mass is 10.9. The molecule has 0 aromatic carbocycles. The third-order valence-corrected chi connectivity index (χ3v) is 0.680. The molecule has 0 rings (SSSR count). The Morgan fingerprint density at radius 1 is 2.00 bits per heavy atom. The molecule has 0 heterocycles. The molecule has 0 radical (unpaired) electrons. The number of hydrogen-bond donors (Lipinski definition) is 1. The van der Waals surface area contributed by atoms with Crippen LogP contribution < -0.4 is 5.73 Å². The molecule has 5 heteroatoms. The quantitative estimate of drug-likeness (QED) is 0.446. The number of amides is 2. The standard InChI is InChI=1S/C3H7ClN2O2/c1-2-8-6(4)3(5)7/h2H2,1H3,(H2,5,7). The summed E-state index contributed by atoms with van der Waals surface area (Å²) < 4.78 is 0.458. The van der Waals surface area contributed by atoms with Gasteiger partial charge in [0.05, 0.1) is 6.61 Å². The highest BCUT2D eigenvalue weighted by Crippen LogP contribution is 1.92. The van der Waals surface area contributed by atoms with E-state index in [0.29, 0.717) is 11.2 Å². The minimum absolute atomic E-state index is 0.326. The van der Waals surface area contributed by atoms with E-state index >= 15 is 0 Å². The molecule has 0 spiro atoms. The third-order valence-electron chi connectivity index (χ3n) is 0.416. The SMILES string of the molecule is CCON(Cl)C(N)=O. The largest absolute Gasteiger partial charge is 0.354 e. The van der Waals surface area contributed by atoms with Crippen molar-refractivity contribution in [2.45, 2.75) is 6.92 Å². The maximum absolute atomic E-state index is 9.98. The first-order valence-corrected chi connectivity index (χ1v) is 2.40. The van der Waals surface area contributed by atoms with Crippen molar-refractivity contribution >= 4 is 17.8 Å². The summed E-state index contributed by atoms with van der Waals surface area (Å²) in [5.74, 6) is 0. The maximum Gasteiger partial charge on any atom is 0.354 e. The lowest BCUT2D eigenvalue weighted by Gasteiger charge is -2.06. The van der Waals surface area contributed by atoms with Crippen molar-refractivity contribution in [3.05, 3.63) is 0 Å². The zero-order chi connectivity index (χ0) is 6.57. The van der Waals surface area contributed by atoms with Crippen LogP contribution in [0.15, 0.2) is 0 Å². The molecule has 0 fully saturated rings. The molecule has 8 heavy (non-hydrogen) atoms. The van der Waals surface area contributed by atoms with Gasteiger partial charge in [0.15, 0.2) is 0 Å². The molecule has 0 aliphatic heterocycles. The van der Waals surface area contributed by atoms with Crippen molar-refractivity contribution in [1.82, 2.24) is 4.58 Å². The van der Waals surface area contributed by atoms with Gasteiger partial charge in [-0.1, -0.05) is 0 Å². The number of carbonyl (C=O) groups is 1. The summed E-state index contributed by atoms with van der Waals surface area (Å²) in [7, 11) is 0. The maximum atomic E-state index is 9.98. The van der Waals surface area contributed by atoms with E-state index in [2.05, 4.69) is 10.6 Å². The highest BCUT2D eigenvalue weighted by Gasteiger charge is 2.02. The van der Waals surface area contributed by atoms with Gasteiger partial charge in [-0.15, -0.1) is 4.58 Å². The minimum Gasteiger partial charge on any atom is -0.349 e. The molecule has 4 nitrogen and oxygen atoms in total. The fraction of sp³-hybridized carbons (Fsp3) is 0.667. The predicted molar refractivity (Wildman–Crippen MR) is 28.9 cm³/mol. The van der Waals surface area contributed by atoms with E-state index in [-0.39, 0.29) is 0 Å². The van der Waals surface area contributed by atoms with E-state index in [9.17, 15) is 4.79 Å². The van der Waals surface area contributed by atoms with E-state index in [1.54, 1.807) is 6.92 Å². The lowest BCUT2D eigenvalue weighted by molar-refractivity contribution is -0.0374. The second kappa shape index (κ2) is 3.51. The molecular formula is C3H7ClN2O2. The molecule has 0 aliphatic carbocycles. The topological polar surface area (TPSA) is 55.6 Å². The van der Waals surface area contributed by atoms with Gasteiger partial charge in [-0.25, -0.2) is 4.79 Å². The number of nitrogens with zero attached hydrogens (tertiary/aromatic N) is 1. The van der Waals surface area contributed by atoms with Crippen LogP contribution in [-0.4, -0.2) is 17.2 Å². The number of halogens is 1. The van der Waals surface area contributed by atoms with Gasteiger partial charge in [-0.3, -0.25) is 4.84 Å². The van der Waals surface area contributed by atoms with Crippen LogP contribution in [0.4, 0.5) is 4.79 Å². The fourth-order valence-electron chi connectivity index (χ4n) is 0.177. The number of rotatable bonds is 2. The summed E-state index contributed by atoms with van der Waals surface area (Å²) in [5.41, 5.74) is 4.65. The van der Waals surface area contributed by atoms with Gasteiger partial charge in [-0.05, 0) is 6.92 Å². The van der Waals surface area contributed by atoms with Crippen molar-refractivity contribution in [3.63, 3.8) is 0 Å². The average molecular weight is 139 g/mol. The van der Waals surface area contributed by atoms with Crippen molar-refractivity contribution in [1.29, 1.82) is 0 Å². The first-order valence-electron chi connectivity index (χ1n) is 2.06. The summed E-state index contributed by atoms with van der Waals surface area (Å²) >= 11 is 5.05. The summed E-state index contributed by atoms with van der Waals surface area (Å²) in [6.07, 6.45) is 0. The highest BCUT2D eigenvalue weighted by molar-refractivity contribution is 6.19. The summed E-state index contributed by atoms with van der Waals surface area (Å²) in [5, 5.41) is 0. The molecule has 48 valence electrons. The molecule has 0 bridgehead atoms. The van der Waals surface area contributed by atoms with Gasteiger partial charge >= 0.3 is 6.03 Å². The van der Waals surface area contributed by atoms with Crippen LogP contribution in [0, 0.1) is 0 Å². The van der Waals surface area contributed by atoms with E-state index < -0.39 is 6.03 Å². The van der Waals surface area contributed by atoms with E-state index in [1.807, 2.05) is 0 Å². The normalized spacial score (nSPS) is 8.75. The second-order valence-electron chi connectivity index (χ2n) is 1.00. The lowest BCUT2D eigenvalue weighted by Crippen LogP contribution is -2.27. The molecule has 0 aromatic heterocycles. The first kappa shape index (κ1) is 7.52. The van der Waals surface area contributed by atoms with Gasteiger partial charge in [-0.2, -0.15) is 0 Å². The zero-order valence-corrected chi connectivity index (χ0v) is 5.18. The Labute approximate surface area is 52.2 Å². The van der Waals surface area contributed by atoms with Crippen molar-refractivity contribution in [3.8, 4) is 0 Å². The Bertz CT molecular complexity index is 87.4. The highest BCUT2D eigenvalue weighted by atomic mass is 35.5. The Hall–Kier alpha value is -0.480. The molecule has 0 saturated heterocycles. The van der Waals surface area contributed by atoms with Crippen LogP contribution in [0.25, 0.3) is 0 Å². The number of urea groups is 1. The van der Waals surface area contributed by atoms with Gasteiger partial charge in [0.25, 0.3) is 0 Å². The van der Waals surface area contributed by atoms with E-state index in [0.717, 1.165) is 0 Å². The molecule has 0 atom stereocenters. The Kier molecular flexibility index (Phi) is 3.30. The monoisotopic (exact) mass is 138 g/mol. The summed E-state index contributed by atoms with van der Waals surface area (Å²) in [4.78, 5) is 14.4. The van der Waals surface area contributed by atoms with E-state index in [4.69, 9.17) is 11.8 Å². The van der Waals surface area contributed by atoms with Gasteiger partial charge in [0, 0.05) is 11.8 Å². The number of nitrogens with two attached hydrogens (primary N) is 1. The van der Waals surface area contributed by atoms with Crippen LogP contribution >= 0.6 is 11.8 Å². The van der Waals surface area contributed by atoms with Crippen LogP contribution in [0.5, 0.6) is 0 Å². The zero-order valence-electron chi connectivity index (χ0n) is 4.43. The van der Waals surface area contributed by atoms with Crippen molar-refractivity contribution in [2.75, 3.05) is 6.61 Å².